The normalized spacial score (nSPS) is 10.2. The lowest BCUT2D eigenvalue weighted by Gasteiger charge is -2.07. The van der Waals surface area contributed by atoms with Crippen LogP contribution in [0.1, 0.15) is 5.56 Å². The van der Waals surface area contributed by atoms with Crippen LogP contribution in [0.15, 0.2) is 46.9 Å². The van der Waals surface area contributed by atoms with Gasteiger partial charge < -0.3 is 5.32 Å². The van der Waals surface area contributed by atoms with Crippen LogP contribution < -0.4 is 5.32 Å². The first-order valence-corrected chi connectivity index (χ1v) is 6.66. The van der Waals surface area contributed by atoms with Crippen molar-refractivity contribution >= 4 is 38.9 Å². The number of nitro benzene ring substituents is 1. The van der Waals surface area contributed by atoms with Crippen LogP contribution in [0.2, 0.25) is 5.02 Å². The number of nitro groups is 1. The van der Waals surface area contributed by atoms with Crippen molar-refractivity contribution in [3.63, 3.8) is 0 Å². The number of nitrogens with one attached hydrogen (secondary N) is 1. The Labute approximate surface area is 123 Å². The summed E-state index contributed by atoms with van der Waals surface area (Å²) < 4.78 is 0.823. The standard InChI is InChI=1S/C13H10BrClN2O2/c14-10-6-5-9(7-11(10)15)8-16-12-3-1-2-4-13(12)17(18)19/h1-7,16H,8H2. The molecule has 2 aromatic carbocycles. The maximum Gasteiger partial charge on any atom is 0.292 e. The highest BCUT2D eigenvalue weighted by atomic mass is 79.9. The second kappa shape index (κ2) is 6.04. The molecule has 6 heteroatoms. The molecule has 0 saturated carbocycles. The van der Waals surface area contributed by atoms with Crippen LogP contribution >= 0.6 is 27.5 Å². The van der Waals surface area contributed by atoms with Crippen LogP contribution in [0.25, 0.3) is 0 Å². The van der Waals surface area contributed by atoms with E-state index < -0.39 is 4.92 Å². The van der Waals surface area contributed by atoms with E-state index in [2.05, 4.69) is 21.2 Å². The fraction of sp³-hybridized carbons (Fsp3) is 0.0769. The van der Waals surface area contributed by atoms with Gasteiger partial charge >= 0.3 is 0 Å². The van der Waals surface area contributed by atoms with E-state index >= 15 is 0 Å². The summed E-state index contributed by atoms with van der Waals surface area (Å²) in [6, 6.07) is 12.1. The Morgan fingerprint density at radius 3 is 2.68 bits per heavy atom. The van der Waals surface area contributed by atoms with Gasteiger partial charge in [-0.3, -0.25) is 10.1 Å². The number of rotatable bonds is 4. The third-order valence-corrected chi connectivity index (χ3v) is 3.80. The number of hydrogen-bond donors (Lipinski definition) is 1. The molecule has 0 aliphatic carbocycles. The minimum absolute atomic E-state index is 0.0608. The van der Waals surface area contributed by atoms with E-state index in [1.165, 1.54) is 6.07 Å². The molecule has 0 bridgehead atoms. The zero-order valence-corrected chi connectivity index (χ0v) is 12.1. The highest BCUT2D eigenvalue weighted by molar-refractivity contribution is 9.10. The molecule has 0 aromatic heterocycles. The monoisotopic (exact) mass is 340 g/mol. The first-order valence-electron chi connectivity index (χ1n) is 5.49. The van der Waals surface area contributed by atoms with Crippen molar-refractivity contribution in [1.29, 1.82) is 0 Å². The van der Waals surface area contributed by atoms with Gasteiger partial charge in [0.15, 0.2) is 0 Å². The first kappa shape index (κ1) is 13.8. The van der Waals surface area contributed by atoms with E-state index in [1.54, 1.807) is 18.2 Å². The summed E-state index contributed by atoms with van der Waals surface area (Å²) in [4.78, 5) is 10.5. The van der Waals surface area contributed by atoms with Crippen molar-refractivity contribution in [2.45, 2.75) is 6.54 Å². The van der Waals surface area contributed by atoms with Gasteiger partial charge in [0.2, 0.25) is 0 Å². The minimum Gasteiger partial charge on any atom is -0.375 e. The van der Waals surface area contributed by atoms with E-state index in [9.17, 15) is 10.1 Å². The van der Waals surface area contributed by atoms with Gasteiger partial charge in [0.1, 0.15) is 5.69 Å². The van der Waals surface area contributed by atoms with Crippen LogP contribution in [-0.4, -0.2) is 4.92 Å². The minimum atomic E-state index is -0.406. The zero-order chi connectivity index (χ0) is 13.8. The largest absolute Gasteiger partial charge is 0.375 e. The summed E-state index contributed by atoms with van der Waals surface area (Å²) in [7, 11) is 0. The van der Waals surface area contributed by atoms with Gasteiger partial charge in [-0.2, -0.15) is 0 Å². The van der Waals surface area contributed by atoms with Crippen LogP contribution in [0.5, 0.6) is 0 Å². The van der Waals surface area contributed by atoms with Gasteiger partial charge in [0.25, 0.3) is 5.69 Å². The van der Waals surface area contributed by atoms with Crippen molar-refractivity contribution in [2.75, 3.05) is 5.32 Å². The molecule has 0 atom stereocenters. The van der Waals surface area contributed by atoms with Gasteiger partial charge in [-0.05, 0) is 39.7 Å². The number of benzene rings is 2. The van der Waals surface area contributed by atoms with Crippen molar-refractivity contribution in [2.24, 2.45) is 0 Å². The first-order chi connectivity index (χ1) is 9.08. The molecule has 0 amide bonds. The fourth-order valence-electron chi connectivity index (χ4n) is 1.63. The van der Waals surface area contributed by atoms with Crippen LogP contribution in [0, 0.1) is 10.1 Å². The van der Waals surface area contributed by atoms with E-state index in [0.717, 1.165) is 10.0 Å². The average Bonchev–Trinajstić information content (AvgIpc) is 2.40. The predicted octanol–water partition coefficient (Wildman–Crippen LogP) is 4.62. The summed E-state index contributed by atoms with van der Waals surface area (Å²) in [6.45, 7) is 0.470. The molecule has 98 valence electrons. The van der Waals surface area contributed by atoms with E-state index in [0.29, 0.717) is 17.3 Å². The molecule has 0 heterocycles. The molecule has 4 nitrogen and oxygen atoms in total. The van der Waals surface area contributed by atoms with Crippen molar-refractivity contribution in [1.82, 2.24) is 0 Å². The van der Waals surface area contributed by atoms with Gasteiger partial charge in [0, 0.05) is 17.1 Å². The number of para-hydroxylation sites is 2. The van der Waals surface area contributed by atoms with Crippen LogP contribution in [0.3, 0.4) is 0 Å². The summed E-state index contributed by atoms with van der Waals surface area (Å²) >= 11 is 9.31. The third-order valence-electron chi connectivity index (χ3n) is 2.57. The Morgan fingerprint density at radius 1 is 1.26 bits per heavy atom. The number of nitrogens with zero attached hydrogens (tertiary/aromatic N) is 1. The molecular weight excluding hydrogens is 332 g/mol. The Morgan fingerprint density at radius 2 is 2.00 bits per heavy atom. The SMILES string of the molecule is O=[N+]([O-])c1ccccc1NCc1ccc(Br)c(Cl)c1. The fourth-order valence-corrected chi connectivity index (χ4v) is 2.08. The Hall–Kier alpha value is -1.59. The zero-order valence-electron chi connectivity index (χ0n) is 9.77. The summed E-state index contributed by atoms with van der Waals surface area (Å²) in [6.07, 6.45) is 0. The Balaban J connectivity index is 2.14. The second-order valence-electron chi connectivity index (χ2n) is 3.88. The van der Waals surface area contributed by atoms with Crippen molar-refractivity contribution in [3.8, 4) is 0 Å². The van der Waals surface area contributed by atoms with Crippen LogP contribution in [0.4, 0.5) is 11.4 Å². The van der Waals surface area contributed by atoms with Gasteiger partial charge in [-0.1, -0.05) is 29.8 Å². The molecule has 0 unspecified atom stereocenters. The molecule has 1 N–H and O–H groups in total. The lowest BCUT2D eigenvalue weighted by Crippen LogP contribution is -2.02. The third kappa shape index (κ3) is 3.45. The molecule has 0 saturated heterocycles. The highest BCUT2D eigenvalue weighted by Crippen LogP contribution is 2.26. The number of hydrogen-bond acceptors (Lipinski definition) is 3. The summed E-state index contributed by atoms with van der Waals surface area (Å²) in [5.41, 5.74) is 1.50. The van der Waals surface area contributed by atoms with Gasteiger partial charge in [-0.25, -0.2) is 0 Å². The lowest BCUT2D eigenvalue weighted by molar-refractivity contribution is -0.384. The molecule has 19 heavy (non-hydrogen) atoms. The maximum absolute atomic E-state index is 10.9. The quantitative estimate of drug-likeness (QED) is 0.652. The topological polar surface area (TPSA) is 55.2 Å². The Kier molecular flexibility index (Phi) is 4.39. The molecule has 0 aliphatic heterocycles. The van der Waals surface area contributed by atoms with Gasteiger partial charge in [-0.15, -0.1) is 0 Å². The summed E-state index contributed by atoms with van der Waals surface area (Å²) in [5, 5.41) is 14.5. The maximum atomic E-state index is 10.9. The number of halogens is 2. The van der Waals surface area contributed by atoms with Crippen molar-refractivity contribution in [3.05, 3.63) is 67.6 Å². The van der Waals surface area contributed by atoms with Crippen molar-refractivity contribution < 1.29 is 4.92 Å². The Bertz CT molecular complexity index is 619. The van der Waals surface area contributed by atoms with E-state index in [4.69, 9.17) is 11.6 Å². The molecule has 0 fully saturated rings. The lowest BCUT2D eigenvalue weighted by atomic mass is 10.2. The van der Waals surface area contributed by atoms with Gasteiger partial charge in [0.05, 0.1) is 9.95 Å². The number of anilines is 1. The molecule has 2 aromatic rings. The molecule has 0 spiro atoms. The smallest absolute Gasteiger partial charge is 0.292 e. The predicted molar refractivity (Wildman–Crippen MR) is 79.6 cm³/mol. The van der Waals surface area contributed by atoms with E-state index in [-0.39, 0.29) is 5.69 Å². The average molecular weight is 342 g/mol. The molecule has 0 radical (unpaired) electrons. The van der Waals surface area contributed by atoms with Crippen LogP contribution in [-0.2, 0) is 6.54 Å². The second-order valence-corrected chi connectivity index (χ2v) is 5.14. The molecular formula is C13H10BrClN2O2. The summed E-state index contributed by atoms with van der Waals surface area (Å²) in [5.74, 6) is 0. The van der Waals surface area contributed by atoms with E-state index in [1.807, 2.05) is 18.2 Å². The molecule has 2 rings (SSSR count). The highest BCUT2D eigenvalue weighted by Gasteiger charge is 2.11. The molecule has 0 aliphatic rings.